The Morgan fingerprint density at radius 3 is 2.39 bits per heavy atom. The van der Waals surface area contributed by atoms with Gasteiger partial charge in [-0.3, -0.25) is 0 Å². The van der Waals surface area contributed by atoms with Crippen LogP contribution < -0.4 is 0 Å². The van der Waals surface area contributed by atoms with Crippen LogP contribution in [0.2, 0.25) is 4.34 Å². The summed E-state index contributed by atoms with van der Waals surface area (Å²) >= 11 is 6.21. The van der Waals surface area contributed by atoms with Crippen LogP contribution in [-0.4, -0.2) is 43.7 Å². The van der Waals surface area contributed by atoms with Crippen LogP contribution in [0.25, 0.3) is 0 Å². The Morgan fingerprint density at radius 1 is 1.39 bits per heavy atom. The second kappa shape index (κ2) is 5.74. The van der Waals surface area contributed by atoms with Crippen LogP contribution in [-0.2, 0) is 10.0 Å². The molecular formula is C8H9ClF3NO3S2. The molecule has 0 amide bonds. The molecule has 0 saturated heterocycles. The number of thiophene rings is 1. The molecule has 0 radical (unpaired) electrons. The monoisotopic (exact) mass is 323 g/mol. The summed E-state index contributed by atoms with van der Waals surface area (Å²) in [6.45, 7) is -2.98. The number of aliphatic hydroxyl groups excluding tert-OH is 1. The van der Waals surface area contributed by atoms with Crippen molar-refractivity contribution in [2.24, 2.45) is 0 Å². The summed E-state index contributed by atoms with van der Waals surface area (Å²) in [7, 11) is -4.29. The van der Waals surface area contributed by atoms with E-state index in [0.717, 1.165) is 6.07 Å². The minimum absolute atomic E-state index is 0.157. The van der Waals surface area contributed by atoms with E-state index in [1.165, 1.54) is 6.07 Å². The molecule has 0 aliphatic heterocycles. The third kappa shape index (κ3) is 4.09. The first-order chi connectivity index (χ1) is 8.16. The van der Waals surface area contributed by atoms with Gasteiger partial charge in [0, 0.05) is 6.54 Å². The van der Waals surface area contributed by atoms with Crippen molar-refractivity contribution in [2.45, 2.75) is 10.4 Å². The van der Waals surface area contributed by atoms with Crippen molar-refractivity contribution in [3.05, 3.63) is 16.5 Å². The lowest BCUT2D eigenvalue weighted by Gasteiger charge is -2.21. The molecule has 1 aromatic rings. The average molecular weight is 324 g/mol. The molecule has 0 saturated carbocycles. The van der Waals surface area contributed by atoms with Gasteiger partial charge in [-0.25, -0.2) is 8.42 Å². The van der Waals surface area contributed by atoms with E-state index in [-0.39, 0.29) is 12.9 Å². The molecule has 18 heavy (non-hydrogen) atoms. The zero-order valence-electron chi connectivity index (χ0n) is 8.82. The van der Waals surface area contributed by atoms with Gasteiger partial charge in [-0.15, -0.1) is 11.3 Å². The van der Waals surface area contributed by atoms with E-state index in [4.69, 9.17) is 16.7 Å². The number of halogens is 4. The molecule has 0 fully saturated rings. The topological polar surface area (TPSA) is 57.6 Å². The number of hydrogen-bond donors (Lipinski definition) is 1. The number of nitrogens with zero attached hydrogens (tertiary/aromatic N) is 1. The summed E-state index contributed by atoms with van der Waals surface area (Å²) in [6, 6.07) is 2.41. The third-order valence-corrected chi connectivity index (χ3v) is 5.39. The Bertz CT molecular complexity index is 500. The summed E-state index contributed by atoms with van der Waals surface area (Å²) in [5, 5.41) is 8.65. The SMILES string of the molecule is O=S(=O)(c1ccc(Cl)s1)N(CCO)CC(F)(F)F. The molecule has 0 unspecified atom stereocenters. The maximum absolute atomic E-state index is 12.3. The van der Waals surface area contributed by atoms with Gasteiger partial charge in [0.1, 0.15) is 10.8 Å². The maximum Gasteiger partial charge on any atom is 0.402 e. The highest BCUT2D eigenvalue weighted by molar-refractivity contribution is 7.91. The molecule has 0 aliphatic rings. The molecule has 0 aliphatic carbocycles. The molecule has 104 valence electrons. The smallest absolute Gasteiger partial charge is 0.395 e. The Morgan fingerprint density at radius 2 is 2.00 bits per heavy atom. The Kier molecular flexibility index (Phi) is 5.01. The van der Waals surface area contributed by atoms with Crippen LogP contribution >= 0.6 is 22.9 Å². The van der Waals surface area contributed by atoms with Gasteiger partial charge in [0.05, 0.1) is 10.9 Å². The van der Waals surface area contributed by atoms with Crippen LogP contribution in [0.5, 0.6) is 0 Å². The Hall–Kier alpha value is -0.350. The van der Waals surface area contributed by atoms with Gasteiger partial charge in [0.15, 0.2) is 0 Å². The predicted molar refractivity (Wildman–Crippen MR) is 61.2 cm³/mol. The zero-order chi connectivity index (χ0) is 14.0. The summed E-state index contributed by atoms with van der Waals surface area (Å²) in [5.74, 6) is 0. The minimum atomic E-state index is -4.68. The first-order valence-corrected chi connectivity index (χ1v) is 7.23. The van der Waals surface area contributed by atoms with E-state index in [1.54, 1.807) is 0 Å². The molecule has 1 N–H and O–H groups in total. The van der Waals surface area contributed by atoms with Crippen LogP contribution in [0.1, 0.15) is 0 Å². The first-order valence-electron chi connectivity index (χ1n) is 4.60. The standard InChI is InChI=1S/C8H9ClF3NO3S2/c9-6-1-2-7(17-6)18(15,16)13(3-4-14)5-8(10,11)12/h1-2,14H,3-5H2. The predicted octanol–water partition coefficient (Wildman–Crippen LogP) is 1.95. The van der Waals surface area contributed by atoms with Gasteiger partial charge in [-0.05, 0) is 12.1 Å². The quantitative estimate of drug-likeness (QED) is 0.901. The number of alkyl halides is 3. The highest BCUT2D eigenvalue weighted by Gasteiger charge is 2.37. The summed E-state index contributed by atoms with van der Waals surface area (Å²) < 4.78 is 60.6. The van der Waals surface area contributed by atoms with Gasteiger partial charge >= 0.3 is 6.18 Å². The van der Waals surface area contributed by atoms with Crippen molar-refractivity contribution in [2.75, 3.05) is 19.7 Å². The first kappa shape index (κ1) is 15.7. The van der Waals surface area contributed by atoms with Gasteiger partial charge in [-0.1, -0.05) is 11.6 Å². The van der Waals surface area contributed by atoms with Crippen molar-refractivity contribution in [1.29, 1.82) is 0 Å². The van der Waals surface area contributed by atoms with Crippen LogP contribution in [0.4, 0.5) is 13.2 Å². The molecule has 0 bridgehead atoms. The van der Waals surface area contributed by atoms with E-state index in [0.29, 0.717) is 11.3 Å². The number of aliphatic hydroxyl groups is 1. The van der Waals surface area contributed by atoms with E-state index < -0.39 is 35.9 Å². The fourth-order valence-corrected chi connectivity index (χ4v) is 4.21. The van der Waals surface area contributed by atoms with Crippen molar-refractivity contribution in [3.63, 3.8) is 0 Å². The summed E-state index contributed by atoms with van der Waals surface area (Å²) in [4.78, 5) is 0. The lowest BCUT2D eigenvalue weighted by atomic mass is 10.6. The minimum Gasteiger partial charge on any atom is -0.395 e. The van der Waals surface area contributed by atoms with E-state index in [1.807, 2.05) is 0 Å². The molecule has 1 aromatic heterocycles. The average Bonchev–Trinajstić information content (AvgIpc) is 2.63. The Balaban J connectivity index is 3.04. The Labute approximate surface area is 111 Å². The lowest BCUT2D eigenvalue weighted by Crippen LogP contribution is -2.40. The lowest BCUT2D eigenvalue weighted by molar-refractivity contribution is -0.136. The van der Waals surface area contributed by atoms with E-state index in [9.17, 15) is 21.6 Å². The zero-order valence-corrected chi connectivity index (χ0v) is 11.2. The van der Waals surface area contributed by atoms with Gasteiger partial charge < -0.3 is 5.11 Å². The van der Waals surface area contributed by atoms with Crippen LogP contribution in [0.15, 0.2) is 16.3 Å². The molecular weight excluding hydrogens is 315 g/mol. The molecule has 4 nitrogen and oxygen atoms in total. The molecule has 1 heterocycles. The number of sulfonamides is 1. The van der Waals surface area contributed by atoms with Crippen LogP contribution in [0.3, 0.4) is 0 Å². The molecule has 10 heteroatoms. The van der Waals surface area contributed by atoms with Crippen molar-refractivity contribution in [1.82, 2.24) is 4.31 Å². The normalized spacial score (nSPS) is 13.2. The summed E-state index contributed by atoms with van der Waals surface area (Å²) in [5.41, 5.74) is 0. The second-order valence-electron chi connectivity index (χ2n) is 3.24. The molecule has 0 spiro atoms. The van der Waals surface area contributed by atoms with Crippen LogP contribution in [0, 0.1) is 0 Å². The molecule has 0 atom stereocenters. The third-order valence-electron chi connectivity index (χ3n) is 1.85. The number of hydrogen-bond acceptors (Lipinski definition) is 4. The van der Waals surface area contributed by atoms with Crippen molar-refractivity contribution < 1.29 is 26.7 Å². The summed E-state index contributed by atoms with van der Waals surface area (Å²) in [6.07, 6.45) is -4.68. The van der Waals surface area contributed by atoms with E-state index >= 15 is 0 Å². The largest absolute Gasteiger partial charge is 0.402 e. The fourth-order valence-electron chi connectivity index (χ4n) is 1.16. The van der Waals surface area contributed by atoms with E-state index in [2.05, 4.69) is 0 Å². The van der Waals surface area contributed by atoms with Gasteiger partial charge in [0.25, 0.3) is 10.0 Å². The second-order valence-corrected chi connectivity index (χ2v) is 7.12. The van der Waals surface area contributed by atoms with Gasteiger partial charge in [-0.2, -0.15) is 17.5 Å². The highest BCUT2D eigenvalue weighted by Crippen LogP contribution is 2.29. The number of rotatable bonds is 5. The molecule has 0 aromatic carbocycles. The highest BCUT2D eigenvalue weighted by atomic mass is 35.5. The van der Waals surface area contributed by atoms with Crippen molar-refractivity contribution >= 4 is 33.0 Å². The molecule has 1 rings (SSSR count). The van der Waals surface area contributed by atoms with Gasteiger partial charge in [0.2, 0.25) is 0 Å². The maximum atomic E-state index is 12.3. The fraction of sp³-hybridized carbons (Fsp3) is 0.500. The van der Waals surface area contributed by atoms with Crippen molar-refractivity contribution in [3.8, 4) is 0 Å².